The molecule has 0 spiro atoms. The summed E-state index contributed by atoms with van der Waals surface area (Å²) in [4.78, 5) is 31.8. The summed E-state index contributed by atoms with van der Waals surface area (Å²) in [5, 5.41) is 2.72. The minimum absolute atomic E-state index is 0.0575. The number of anilines is 2. The number of benzene rings is 1. The molecule has 2 aromatic rings. The predicted molar refractivity (Wildman–Crippen MR) is 93.0 cm³/mol. The largest absolute Gasteiger partial charge is 0.325 e. The normalized spacial score (nSPS) is 14.1. The van der Waals surface area contributed by atoms with Gasteiger partial charge in [0.05, 0.1) is 18.3 Å². The molecule has 130 valence electrons. The second kappa shape index (κ2) is 7.29. The molecule has 1 fully saturated rings. The number of pyridine rings is 1. The summed E-state index contributed by atoms with van der Waals surface area (Å²) < 4.78 is 13.1. The van der Waals surface area contributed by atoms with Gasteiger partial charge in [0, 0.05) is 19.6 Å². The third kappa shape index (κ3) is 3.93. The summed E-state index contributed by atoms with van der Waals surface area (Å²) in [6, 6.07) is 9.28. The summed E-state index contributed by atoms with van der Waals surface area (Å²) >= 11 is 0. The zero-order chi connectivity index (χ0) is 17.8. The van der Waals surface area contributed by atoms with Gasteiger partial charge in [-0.3, -0.25) is 9.69 Å². The Morgan fingerprint density at radius 3 is 2.76 bits per heavy atom. The number of carbonyl (C=O) groups is 2. The number of nitrogens with zero attached hydrogens (tertiary/aromatic N) is 3. The summed E-state index contributed by atoms with van der Waals surface area (Å²) in [7, 11) is 0. The average Bonchev–Trinajstić information content (AvgIpc) is 2.96. The number of carbonyl (C=O) groups excluding carboxylic acids is 2. The molecular formula is C18H19FN4O2. The lowest BCUT2D eigenvalue weighted by Crippen LogP contribution is -2.32. The maximum absolute atomic E-state index is 13.1. The Labute approximate surface area is 145 Å². The highest BCUT2D eigenvalue weighted by Crippen LogP contribution is 2.19. The fourth-order valence-corrected chi connectivity index (χ4v) is 2.75. The second-order valence-corrected chi connectivity index (χ2v) is 5.77. The molecule has 3 rings (SSSR count). The number of nitrogens with one attached hydrogen (secondary N) is 1. The van der Waals surface area contributed by atoms with Crippen LogP contribution in [0.15, 0.2) is 42.6 Å². The summed E-state index contributed by atoms with van der Waals surface area (Å²) in [5.74, 6) is -0.0636. The van der Waals surface area contributed by atoms with Gasteiger partial charge in [-0.05, 0) is 36.8 Å². The third-order valence-corrected chi connectivity index (χ3v) is 4.04. The first-order chi connectivity index (χ1) is 12.1. The van der Waals surface area contributed by atoms with Gasteiger partial charge in [-0.15, -0.1) is 0 Å². The first-order valence-electron chi connectivity index (χ1n) is 8.13. The number of rotatable bonds is 5. The average molecular weight is 342 g/mol. The Morgan fingerprint density at radius 2 is 2.12 bits per heavy atom. The van der Waals surface area contributed by atoms with Crippen LogP contribution in [0.2, 0.25) is 0 Å². The number of hydrogen-bond donors (Lipinski definition) is 1. The van der Waals surface area contributed by atoms with Crippen LogP contribution < -0.4 is 10.2 Å². The lowest BCUT2D eigenvalue weighted by atomic mass is 10.1. The highest BCUT2D eigenvalue weighted by molar-refractivity contribution is 5.94. The summed E-state index contributed by atoms with van der Waals surface area (Å²) in [6.07, 6.45) is 1.59. The molecule has 2 heterocycles. The van der Waals surface area contributed by atoms with E-state index in [-0.39, 0.29) is 24.2 Å². The van der Waals surface area contributed by atoms with Crippen molar-refractivity contribution in [3.8, 4) is 0 Å². The van der Waals surface area contributed by atoms with Gasteiger partial charge in [-0.25, -0.2) is 14.2 Å². The maximum atomic E-state index is 13.1. The Hall–Kier alpha value is -2.96. The van der Waals surface area contributed by atoms with Crippen LogP contribution in [0.25, 0.3) is 0 Å². The Kier molecular flexibility index (Phi) is 4.92. The van der Waals surface area contributed by atoms with Crippen molar-refractivity contribution < 1.29 is 14.0 Å². The van der Waals surface area contributed by atoms with E-state index in [9.17, 15) is 14.0 Å². The molecular weight excluding hydrogens is 323 g/mol. The van der Waals surface area contributed by atoms with Crippen LogP contribution in [0.3, 0.4) is 0 Å². The van der Waals surface area contributed by atoms with Crippen LogP contribution in [-0.2, 0) is 11.2 Å². The molecule has 0 aliphatic carbocycles. The van der Waals surface area contributed by atoms with Crippen molar-refractivity contribution in [3.63, 3.8) is 0 Å². The minimum Gasteiger partial charge on any atom is -0.324 e. The molecule has 6 nitrogen and oxygen atoms in total. The predicted octanol–water partition coefficient (Wildman–Crippen LogP) is 2.66. The molecule has 0 radical (unpaired) electrons. The molecule has 3 amide bonds. The van der Waals surface area contributed by atoms with Gasteiger partial charge in [-0.1, -0.05) is 12.1 Å². The topological polar surface area (TPSA) is 65.5 Å². The fraction of sp³-hybridized carbons (Fsp3) is 0.278. The molecule has 1 N–H and O–H groups in total. The molecule has 0 bridgehead atoms. The number of amides is 3. The fourth-order valence-electron chi connectivity index (χ4n) is 2.75. The number of halogens is 1. The summed E-state index contributed by atoms with van der Waals surface area (Å²) in [5.41, 5.74) is 1.13. The third-order valence-electron chi connectivity index (χ3n) is 4.04. The van der Waals surface area contributed by atoms with Crippen molar-refractivity contribution in [2.24, 2.45) is 0 Å². The van der Waals surface area contributed by atoms with Crippen LogP contribution in [0, 0.1) is 5.82 Å². The van der Waals surface area contributed by atoms with Crippen molar-refractivity contribution in [1.82, 2.24) is 9.88 Å². The Morgan fingerprint density at radius 1 is 1.28 bits per heavy atom. The van der Waals surface area contributed by atoms with Gasteiger partial charge in [0.25, 0.3) is 0 Å². The van der Waals surface area contributed by atoms with Crippen molar-refractivity contribution in [3.05, 3.63) is 54.0 Å². The molecule has 25 heavy (non-hydrogen) atoms. The van der Waals surface area contributed by atoms with Gasteiger partial charge in [0.2, 0.25) is 5.91 Å². The number of urea groups is 1. The van der Waals surface area contributed by atoms with E-state index in [4.69, 9.17) is 0 Å². The van der Waals surface area contributed by atoms with Crippen LogP contribution >= 0.6 is 0 Å². The van der Waals surface area contributed by atoms with Crippen molar-refractivity contribution >= 4 is 23.4 Å². The van der Waals surface area contributed by atoms with E-state index in [1.54, 1.807) is 34.1 Å². The molecule has 1 saturated heterocycles. The molecule has 7 heteroatoms. The van der Waals surface area contributed by atoms with E-state index in [1.165, 1.54) is 18.3 Å². The number of aromatic nitrogens is 1. The Bertz CT molecular complexity index is 779. The Balaban J connectivity index is 1.61. The van der Waals surface area contributed by atoms with Crippen LogP contribution in [-0.4, -0.2) is 41.5 Å². The van der Waals surface area contributed by atoms with E-state index in [0.29, 0.717) is 36.7 Å². The van der Waals surface area contributed by atoms with E-state index in [2.05, 4.69) is 10.3 Å². The molecule has 1 aliphatic heterocycles. The van der Waals surface area contributed by atoms with Crippen LogP contribution in [0.5, 0.6) is 0 Å². The highest BCUT2D eigenvalue weighted by atomic mass is 19.1. The number of hydrogen-bond acceptors (Lipinski definition) is 3. The van der Waals surface area contributed by atoms with Crippen molar-refractivity contribution in [2.75, 3.05) is 29.9 Å². The molecule has 1 aliphatic rings. The smallest absolute Gasteiger partial charge is 0.324 e. The zero-order valence-corrected chi connectivity index (χ0v) is 13.9. The lowest BCUT2D eigenvalue weighted by Gasteiger charge is -2.16. The van der Waals surface area contributed by atoms with Crippen molar-refractivity contribution in [1.29, 1.82) is 0 Å². The van der Waals surface area contributed by atoms with Gasteiger partial charge in [0.15, 0.2) is 0 Å². The monoisotopic (exact) mass is 342 g/mol. The zero-order valence-electron chi connectivity index (χ0n) is 13.9. The summed E-state index contributed by atoms with van der Waals surface area (Å²) in [6.45, 7) is 3.89. The molecule has 0 atom stereocenters. The van der Waals surface area contributed by atoms with Gasteiger partial charge < -0.3 is 10.2 Å². The molecule has 1 aromatic heterocycles. The first-order valence-corrected chi connectivity index (χ1v) is 8.13. The lowest BCUT2D eigenvalue weighted by molar-refractivity contribution is -0.115. The van der Waals surface area contributed by atoms with Crippen molar-refractivity contribution in [2.45, 2.75) is 13.3 Å². The second-order valence-electron chi connectivity index (χ2n) is 5.77. The van der Waals surface area contributed by atoms with Crippen LogP contribution in [0.1, 0.15) is 12.5 Å². The van der Waals surface area contributed by atoms with E-state index < -0.39 is 0 Å². The maximum Gasteiger partial charge on any atom is 0.325 e. The molecule has 0 saturated carbocycles. The van der Waals surface area contributed by atoms with Gasteiger partial charge >= 0.3 is 6.03 Å². The van der Waals surface area contributed by atoms with E-state index in [1.807, 2.05) is 6.92 Å². The van der Waals surface area contributed by atoms with E-state index in [0.717, 1.165) is 0 Å². The van der Waals surface area contributed by atoms with Gasteiger partial charge in [0.1, 0.15) is 11.6 Å². The quantitative estimate of drug-likeness (QED) is 0.908. The minimum atomic E-state index is -0.368. The first kappa shape index (κ1) is 16.9. The van der Waals surface area contributed by atoms with E-state index >= 15 is 0 Å². The molecule has 0 unspecified atom stereocenters. The molecule has 1 aromatic carbocycles. The van der Waals surface area contributed by atoms with Gasteiger partial charge in [-0.2, -0.15) is 0 Å². The van der Waals surface area contributed by atoms with Crippen LogP contribution in [0.4, 0.5) is 20.7 Å². The SMILES string of the molecule is CCN1CCN(c2ccc(NC(=O)Cc3cccc(F)c3)cn2)C1=O. The highest BCUT2D eigenvalue weighted by Gasteiger charge is 2.28. The standard InChI is InChI=1S/C18H19FN4O2/c1-2-22-8-9-23(18(22)25)16-7-6-15(12-20-16)21-17(24)11-13-4-3-5-14(19)10-13/h3-7,10,12H,2,8-9,11H2,1H3,(H,21,24). The number of likely N-dealkylation sites (N-methyl/N-ethyl adjacent to an activating group) is 1.